The van der Waals surface area contributed by atoms with Gasteiger partial charge < -0.3 is 4.57 Å². The molecule has 1 aromatic heterocycles. The number of rotatable bonds is 4. The lowest BCUT2D eigenvalue weighted by molar-refractivity contribution is 0.695. The summed E-state index contributed by atoms with van der Waals surface area (Å²) in [5.41, 5.74) is 0. The van der Waals surface area contributed by atoms with Crippen LogP contribution in [-0.2, 0) is 13.0 Å². The average Bonchev–Trinajstić information content (AvgIpc) is 2.37. The highest BCUT2D eigenvalue weighted by Crippen LogP contribution is 2.06. The summed E-state index contributed by atoms with van der Waals surface area (Å²) in [4.78, 5) is 0. The molecule has 0 fully saturated rings. The first-order valence-electron chi connectivity index (χ1n) is 3.62. The summed E-state index contributed by atoms with van der Waals surface area (Å²) in [6.45, 7) is 7.97. The van der Waals surface area contributed by atoms with Gasteiger partial charge in [0.2, 0.25) is 0 Å². The van der Waals surface area contributed by atoms with Crippen molar-refractivity contribution in [2.24, 2.45) is 0 Å². The lowest BCUT2D eigenvalue weighted by Crippen LogP contribution is -2.01. The minimum absolute atomic E-state index is 0.617. The number of hydrogen-bond acceptors (Lipinski definition) is 3. The Morgan fingerprint density at radius 3 is 2.67 bits per heavy atom. The van der Waals surface area contributed by atoms with E-state index in [1.807, 2.05) is 4.57 Å². The summed E-state index contributed by atoms with van der Waals surface area (Å²) in [6, 6.07) is 0. The second-order valence-electron chi connectivity index (χ2n) is 2.31. The van der Waals surface area contributed by atoms with Crippen molar-refractivity contribution in [3.8, 4) is 0 Å². The molecule has 0 saturated carbocycles. The van der Waals surface area contributed by atoms with E-state index in [0.717, 1.165) is 5.82 Å². The number of allylic oxidation sites excluding steroid dienone is 2. The molecule has 1 heterocycles. The van der Waals surface area contributed by atoms with Crippen LogP contribution in [0.25, 0.3) is 0 Å². The molecule has 0 radical (unpaired) electrons. The molecule has 0 aliphatic heterocycles. The van der Waals surface area contributed by atoms with Crippen molar-refractivity contribution in [3.05, 3.63) is 31.1 Å². The Balaban J connectivity index is 2.94. The topological polar surface area (TPSA) is 30.7 Å². The zero-order chi connectivity index (χ0) is 8.97. The molecule has 12 heavy (non-hydrogen) atoms. The Labute approximate surface area is 77.2 Å². The van der Waals surface area contributed by atoms with Crippen molar-refractivity contribution >= 4 is 12.6 Å². The molecular formula is C8H11N3S. The Morgan fingerprint density at radius 1 is 1.33 bits per heavy atom. The number of aromatic nitrogens is 3. The van der Waals surface area contributed by atoms with Crippen LogP contribution in [0.4, 0.5) is 0 Å². The molecule has 0 spiro atoms. The highest BCUT2D eigenvalue weighted by Gasteiger charge is 2.04. The normalized spacial score (nSPS) is 9.75. The first-order valence-corrected chi connectivity index (χ1v) is 4.07. The van der Waals surface area contributed by atoms with Crippen molar-refractivity contribution in [1.82, 2.24) is 14.8 Å². The monoisotopic (exact) mass is 181 g/mol. The highest BCUT2D eigenvalue weighted by atomic mass is 32.1. The Hall–Kier alpha value is -1.03. The third-order valence-corrected chi connectivity index (χ3v) is 1.78. The summed E-state index contributed by atoms with van der Waals surface area (Å²) in [7, 11) is 0. The lowest BCUT2D eigenvalue weighted by Gasteiger charge is -2.01. The first kappa shape index (κ1) is 9.06. The molecule has 0 unspecified atom stereocenters. The lowest BCUT2D eigenvalue weighted by atomic mass is 10.4. The van der Waals surface area contributed by atoms with Crippen LogP contribution in [0.3, 0.4) is 0 Å². The van der Waals surface area contributed by atoms with E-state index in [4.69, 9.17) is 0 Å². The predicted molar refractivity (Wildman–Crippen MR) is 51.4 cm³/mol. The molecule has 3 nitrogen and oxygen atoms in total. The van der Waals surface area contributed by atoms with Gasteiger partial charge >= 0.3 is 0 Å². The predicted octanol–water partition coefficient (Wildman–Crippen LogP) is 1.48. The molecule has 0 saturated heterocycles. The van der Waals surface area contributed by atoms with Crippen LogP contribution in [0.15, 0.2) is 30.5 Å². The van der Waals surface area contributed by atoms with Gasteiger partial charge in [-0.3, -0.25) is 0 Å². The van der Waals surface area contributed by atoms with E-state index < -0.39 is 0 Å². The fourth-order valence-corrected chi connectivity index (χ4v) is 1.16. The quantitative estimate of drug-likeness (QED) is 0.563. The molecule has 1 rings (SSSR count). The fourth-order valence-electron chi connectivity index (χ4n) is 0.922. The first-order chi connectivity index (χ1) is 5.79. The molecule has 64 valence electrons. The summed E-state index contributed by atoms with van der Waals surface area (Å²) in [5, 5.41) is 8.39. The molecule has 1 aromatic rings. The van der Waals surface area contributed by atoms with E-state index >= 15 is 0 Å². The molecule has 0 aromatic carbocycles. The molecule has 0 N–H and O–H groups in total. The van der Waals surface area contributed by atoms with E-state index in [-0.39, 0.29) is 0 Å². The van der Waals surface area contributed by atoms with Crippen molar-refractivity contribution < 1.29 is 0 Å². The van der Waals surface area contributed by atoms with E-state index in [0.29, 0.717) is 18.1 Å². The van der Waals surface area contributed by atoms with E-state index in [1.165, 1.54) is 0 Å². The molecule has 0 aliphatic rings. The average molecular weight is 181 g/mol. The van der Waals surface area contributed by atoms with Gasteiger partial charge in [-0.1, -0.05) is 12.2 Å². The van der Waals surface area contributed by atoms with Gasteiger partial charge in [-0.05, 0) is 0 Å². The van der Waals surface area contributed by atoms with E-state index in [1.54, 1.807) is 12.2 Å². The highest BCUT2D eigenvalue weighted by molar-refractivity contribution is 7.80. The summed E-state index contributed by atoms with van der Waals surface area (Å²) in [5.74, 6) is 0.870. The van der Waals surface area contributed by atoms with Crippen LogP contribution >= 0.6 is 12.6 Å². The van der Waals surface area contributed by atoms with Gasteiger partial charge in [-0.25, -0.2) is 0 Å². The van der Waals surface area contributed by atoms with Crippen LogP contribution in [0, 0.1) is 0 Å². The Kier molecular flexibility index (Phi) is 3.10. The van der Waals surface area contributed by atoms with Crippen molar-refractivity contribution in [1.29, 1.82) is 0 Å². The van der Waals surface area contributed by atoms with E-state index in [2.05, 4.69) is 36.0 Å². The van der Waals surface area contributed by atoms with Crippen molar-refractivity contribution in [2.75, 3.05) is 0 Å². The number of hydrogen-bond donors (Lipinski definition) is 1. The second kappa shape index (κ2) is 4.11. The van der Waals surface area contributed by atoms with Crippen LogP contribution in [0.1, 0.15) is 5.82 Å². The fraction of sp³-hybridized carbons (Fsp3) is 0.250. The SMILES string of the molecule is C=CCc1nnc(S)n1CC=C. The summed E-state index contributed by atoms with van der Waals surface area (Å²) >= 11 is 4.15. The standard InChI is InChI=1S/C8H11N3S/c1-3-5-7-9-10-8(12)11(7)6-4-2/h3-4H,1-2,5-6H2,(H,10,12). The summed E-state index contributed by atoms with van der Waals surface area (Å²) in [6.07, 6.45) is 4.29. The van der Waals surface area contributed by atoms with Crippen molar-refractivity contribution in [3.63, 3.8) is 0 Å². The Morgan fingerprint density at radius 2 is 2.08 bits per heavy atom. The van der Waals surface area contributed by atoms with Crippen molar-refractivity contribution in [2.45, 2.75) is 18.1 Å². The number of thiol groups is 1. The maximum atomic E-state index is 4.15. The molecule has 0 aliphatic carbocycles. The van der Waals surface area contributed by atoms with Gasteiger partial charge in [0.25, 0.3) is 0 Å². The summed E-state index contributed by atoms with van der Waals surface area (Å²) < 4.78 is 1.89. The maximum Gasteiger partial charge on any atom is 0.188 e. The van der Waals surface area contributed by atoms with Gasteiger partial charge in [0.1, 0.15) is 5.82 Å². The minimum Gasteiger partial charge on any atom is -0.302 e. The number of nitrogens with zero attached hydrogens (tertiary/aromatic N) is 3. The zero-order valence-corrected chi connectivity index (χ0v) is 7.67. The smallest absolute Gasteiger partial charge is 0.188 e. The Bertz CT molecular complexity index is 290. The minimum atomic E-state index is 0.617. The van der Waals surface area contributed by atoms with Crippen LogP contribution < -0.4 is 0 Å². The van der Waals surface area contributed by atoms with Crippen LogP contribution in [0.5, 0.6) is 0 Å². The van der Waals surface area contributed by atoms with Gasteiger partial charge in [0.15, 0.2) is 5.16 Å². The van der Waals surface area contributed by atoms with Gasteiger partial charge in [0, 0.05) is 13.0 Å². The van der Waals surface area contributed by atoms with Gasteiger partial charge in [-0.15, -0.1) is 36.0 Å². The maximum absolute atomic E-state index is 4.15. The van der Waals surface area contributed by atoms with Crippen LogP contribution in [0.2, 0.25) is 0 Å². The molecule has 4 heteroatoms. The molecule has 0 amide bonds. The third kappa shape index (κ3) is 1.76. The zero-order valence-electron chi connectivity index (χ0n) is 6.77. The van der Waals surface area contributed by atoms with E-state index in [9.17, 15) is 0 Å². The molecular weight excluding hydrogens is 170 g/mol. The largest absolute Gasteiger partial charge is 0.302 e. The van der Waals surface area contributed by atoms with Gasteiger partial charge in [-0.2, -0.15) is 0 Å². The second-order valence-corrected chi connectivity index (χ2v) is 2.71. The third-order valence-electron chi connectivity index (χ3n) is 1.45. The van der Waals surface area contributed by atoms with Crippen LogP contribution in [-0.4, -0.2) is 14.8 Å². The molecule has 0 bridgehead atoms. The molecule has 0 atom stereocenters. The van der Waals surface area contributed by atoms with Gasteiger partial charge in [0.05, 0.1) is 0 Å².